The van der Waals surface area contributed by atoms with Gasteiger partial charge in [-0.3, -0.25) is 4.79 Å². The molecule has 1 unspecified atom stereocenters. The van der Waals surface area contributed by atoms with Crippen molar-refractivity contribution in [2.24, 2.45) is 11.7 Å². The highest BCUT2D eigenvalue weighted by molar-refractivity contribution is 5.82. The van der Waals surface area contributed by atoms with Crippen molar-refractivity contribution in [3.05, 3.63) is 77.9 Å². The molecule has 3 aromatic carbocycles. The number of carbonyl (C=O) groups excluding carboxylic acids is 1. The van der Waals surface area contributed by atoms with Gasteiger partial charge in [0.25, 0.3) is 0 Å². The topological polar surface area (TPSA) is 94.6 Å². The van der Waals surface area contributed by atoms with Crippen molar-refractivity contribution >= 4 is 16.9 Å². The number of amides is 1. The van der Waals surface area contributed by atoms with Crippen LogP contribution < -0.4 is 20.5 Å². The number of benzene rings is 3. The van der Waals surface area contributed by atoms with Crippen molar-refractivity contribution in [2.45, 2.75) is 63.9 Å². The van der Waals surface area contributed by atoms with Crippen LogP contribution in [0.5, 0.6) is 11.5 Å². The number of rotatable bonds is 15. The SMILES string of the molecule is CN(C)CCCOc1ccc(-c2nc3cc(C(CC(N)=O)NCC4CCCCC4)ccc3n2Cc2ccc(OC(F)(F)F)cc2)cc1. The zero-order chi connectivity index (χ0) is 33.4. The van der Waals surface area contributed by atoms with Gasteiger partial charge in [-0.05, 0) is 105 Å². The predicted octanol–water partition coefficient (Wildman–Crippen LogP) is 7.07. The van der Waals surface area contributed by atoms with E-state index in [1.807, 2.05) is 61.1 Å². The van der Waals surface area contributed by atoms with E-state index in [4.69, 9.17) is 15.5 Å². The van der Waals surface area contributed by atoms with E-state index in [1.165, 1.54) is 44.2 Å². The number of imidazole rings is 1. The second-order valence-corrected chi connectivity index (χ2v) is 12.6. The molecule has 0 bridgehead atoms. The highest BCUT2D eigenvalue weighted by Crippen LogP contribution is 2.31. The van der Waals surface area contributed by atoms with Gasteiger partial charge in [-0.2, -0.15) is 0 Å². The Morgan fingerprint density at radius 2 is 1.72 bits per heavy atom. The molecule has 8 nitrogen and oxygen atoms in total. The van der Waals surface area contributed by atoms with E-state index in [2.05, 4.69) is 15.0 Å². The van der Waals surface area contributed by atoms with Crippen LogP contribution in [0.15, 0.2) is 66.7 Å². The average molecular weight is 652 g/mol. The van der Waals surface area contributed by atoms with Crippen LogP contribution in [-0.4, -0.2) is 60.5 Å². The molecule has 3 N–H and O–H groups in total. The van der Waals surface area contributed by atoms with Crippen LogP contribution in [0.2, 0.25) is 0 Å². The summed E-state index contributed by atoms with van der Waals surface area (Å²) in [6.07, 6.45) is 2.45. The zero-order valence-corrected chi connectivity index (χ0v) is 27.1. The Morgan fingerprint density at radius 3 is 2.38 bits per heavy atom. The molecule has 1 aliphatic carbocycles. The number of hydrogen-bond donors (Lipinski definition) is 2. The van der Waals surface area contributed by atoms with Crippen LogP contribution in [0, 0.1) is 5.92 Å². The minimum atomic E-state index is -4.76. The highest BCUT2D eigenvalue weighted by Gasteiger charge is 2.31. The first-order valence-electron chi connectivity index (χ1n) is 16.3. The molecular weight excluding hydrogens is 607 g/mol. The van der Waals surface area contributed by atoms with E-state index in [1.54, 1.807) is 12.1 Å². The summed E-state index contributed by atoms with van der Waals surface area (Å²) in [4.78, 5) is 19.2. The molecule has 47 heavy (non-hydrogen) atoms. The number of nitrogens with one attached hydrogen (secondary N) is 1. The average Bonchev–Trinajstić information content (AvgIpc) is 3.39. The van der Waals surface area contributed by atoms with Crippen molar-refractivity contribution in [3.63, 3.8) is 0 Å². The molecule has 0 spiro atoms. The summed E-state index contributed by atoms with van der Waals surface area (Å²) in [5.74, 6) is 1.40. The fourth-order valence-electron chi connectivity index (χ4n) is 6.20. The minimum absolute atomic E-state index is 0.175. The van der Waals surface area contributed by atoms with E-state index >= 15 is 0 Å². The number of ether oxygens (including phenoxy) is 2. The predicted molar refractivity (Wildman–Crippen MR) is 177 cm³/mol. The lowest BCUT2D eigenvalue weighted by atomic mass is 9.89. The number of alkyl halides is 3. The van der Waals surface area contributed by atoms with Gasteiger partial charge in [-0.15, -0.1) is 13.2 Å². The van der Waals surface area contributed by atoms with Crippen LogP contribution in [0.4, 0.5) is 13.2 Å². The standard InChI is InChI=1S/C36H44F3N5O3/c1-43(2)19-6-20-46-29-16-11-27(12-17-29)35-42-32-21-28(31(22-34(40)45)41-23-25-7-4-3-5-8-25)13-18-33(32)44(35)24-26-9-14-30(15-10-26)47-36(37,38)39/h9-18,21,25,31,41H,3-8,19-20,22-24H2,1-2H3,(H2,40,45). The second-order valence-electron chi connectivity index (χ2n) is 12.6. The van der Waals surface area contributed by atoms with Crippen molar-refractivity contribution < 1.29 is 27.4 Å². The maximum Gasteiger partial charge on any atom is 0.573 e. The molecule has 1 saturated carbocycles. The summed E-state index contributed by atoms with van der Waals surface area (Å²) < 4.78 is 50.2. The molecule has 1 fully saturated rings. The van der Waals surface area contributed by atoms with Crippen LogP contribution in [0.3, 0.4) is 0 Å². The van der Waals surface area contributed by atoms with Crippen molar-refractivity contribution in [3.8, 4) is 22.9 Å². The van der Waals surface area contributed by atoms with Gasteiger partial charge in [0, 0.05) is 31.1 Å². The first-order chi connectivity index (χ1) is 22.5. The smallest absolute Gasteiger partial charge is 0.494 e. The fraction of sp³-hybridized carbons (Fsp3) is 0.444. The monoisotopic (exact) mass is 651 g/mol. The number of hydrogen-bond acceptors (Lipinski definition) is 6. The molecule has 0 aliphatic heterocycles. The Balaban J connectivity index is 1.44. The number of nitrogens with zero attached hydrogens (tertiary/aromatic N) is 3. The maximum absolute atomic E-state index is 12.7. The molecule has 5 rings (SSSR count). The Morgan fingerprint density at radius 1 is 1.02 bits per heavy atom. The van der Waals surface area contributed by atoms with Crippen LogP contribution in [-0.2, 0) is 11.3 Å². The largest absolute Gasteiger partial charge is 0.573 e. The van der Waals surface area contributed by atoms with Gasteiger partial charge < -0.3 is 30.0 Å². The zero-order valence-electron chi connectivity index (χ0n) is 27.1. The second kappa shape index (κ2) is 15.7. The van der Waals surface area contributed by atoms with E-state index in [-0.39, 0.29) is 24.1 Å². The van der Waals surface area contributed by atoms with Gasteiger partial charge in [-0.1, -0.05) is 37.5 Å². The Labute approximate surface area is 274 Å². The Hall–Kier alpha value is -4.09. The Bertz CT molecular complexity index is 1600. The number of nitrogens with two attached hydrogens (primary N) is 1. The number of halogens is 3. The molecule has 4 aromatic rings. The lowest BCUT2D eigenvalue weighted by Crippen LogP contribution is -2.31. The highest BCUT2D eigenvalue weighted by atomic mass is 19.4. The molecular formula is C36H44F3N5O3. The number of aromatic nitrogens is 2. The fourth-order valence-corrected chi connectivity index (χ4v) is 6.20. The normalized spacial score (nSPS) is 14.9. The van der Waals surface area contributed by atoms with Gasteiger partial charge in [0.2, 0.25) is 5.91 Å². The number of primary amides is 1. The summed E-state index contributed by atoms with van der Waals surface area (Å²) in [6.45, 7) is 2.73. The van der Waals surface area contributed by atoms with Gasteiger partial charge in [0.1, 0.15) is 17.3 Å². The minimum Gasteiger partial charge on any atom is -0.494 e. The van der Waals surface area contributed by atoms with Gasteiger partial charge in [-0.25, -0.2) is 4.98 Å². The summed E-state index contributed by atoms with van der Waals surface area (Å²) in [6, 6.07) is 19.4. The molecule has 1 aromatic heterocycles. The molecule has 0 saturated heterocycles. The van der Waals surface area contributed by atoms with E-state index in [0.717, 1.165) is 53.0 Å². The quantitative estimate of drug-likeness (QED) is 0.134. The molecule has 1 amide bonds. The Kier molecular flexibility index (Phi) is 11.4. The van der Waals surface area contributed by atoms with Crippen molar-refractivity contribution in [1.82, 2.24) is 19.8 Å². The van der Waals surface area contributed by atoms with Crippen molar-refractivity contribution in [1.29, 1.82) is 0 Å². The first kappa shape index (κ1) is 34.3. The first-order valence-corrected chi connectivity index (χ1v) is 16.3. The van der Waals surface area contributed by atoms with Gasteiger partial charge in [0.15, 0.2) is 0 Å². The molecule has 1 heterocycles. The van der Waals surface area contributed by atoms with E-state index in [9.17, 15) is 18.0 Å². The van der Waals surface area contributed by atoms with Crippen LogP contribution in [0.1, 0.15) is 62.1 Å². The van der Waals surface area contributed by atoms with E-state index in [0.29, 0.717) is 24.9 Å². The van der Waals surface area contributed by atoms with Gasteiger partial charge in [0.05, 0.1) is 17.6 Å². The number of carbonyl (C=O) groups is 1. The third-order valence-electron chi connectivity index (χ3n) is 8.59. The molecule has 11 heteroatoms. The summed E-state index contributed by atoms with van der Waals surface area (Å²) in [7, 11) is 4.06. The molecule has 1 aliphatic rings. The summed E-state index contributed by atoms with van der Waals surface area (Å²) in [5.41, 5.74) is 9.84. The summed E-state index contributed by atoms with van der Waals surface area (Å²) >= 11 is 0. The van der Waals surface area contributed by atoms with Crippen LogP contribution >= 0.6 is 0 Å². The van der Waals surface area contributed by atoms with Gasteiger partial charge >= 0.3 is 6.36 Å². The maximum atomic E-state index is 12.7. The third-order valence-corrected chi connectivity index (χ3v) is 8.59. The lowest BCUT2D eigenvalue weighted by Gasteiger charge is -2.25. The molecule has 0 radical (unpaired) electrons. The number of fused-ring (bicyclic) bond motifs is 1. The third kappa shape index (κ3) is 9.95. The van der Waals surface area contributed by atoms with Crippen LogP contribution in [0.25, 0.3) is 22.4 Å². The molecule has 1 atom stereocenters. The molecule has 252 valence electrons. The van der Waals surface area contributed by atoms with Crippen molar-refractivity contribution in [2.75, 3.05) is 33.8 Å². The summed E-state index contributed by atoms with van der Waals surface area (Å²) in [5, 5.41) is 3.61. The van der Waals surface area contributed by atoms with E-state index < -0.39 is 6.36 Å². The lowest BCUT2D eigenvalue weighted by molar-refractivity contribution is -0.274.